The van der Waals surface area contributed by atoms with Crippen molar-refractivity contribution in [2.75, 3.05) is 5.73 Å². The van der Waals surface area contributed by atoms with Gasteiger partial charge in [0.15, 0.2) is 0 Å². The summed E-state index contributed by atoms with van der Waals surface area (Å²) in [6, 6.07) is 12.9. The van der Waals surface area contributed by atoms with Crippen LogP contribution >= 0.6 is 0 Å². The van der Waals surface area contributed by atoms with Crippen molar-refractivity contribution in [3.63, 3.8) is 0 Å². The van der Waals surface area contributed by atoms with Crippen LogP contribution in [0.4, 0.5) is 5.69 Å². The molecule has 2 aromatic rings. The quantitative estimate of drug-likeness (QED) is 0.777. The normalized spacial score (nSPS) is 20.5. The Bertz CT molecular complexity index is 823. The van der Waals surface area contributed by atoms with Crippen molar-refractivity contribution in [1.82, 2.24) is 0 Å². The molecule has 0 radical (unpaired) electrons. The van der Waals surface area contributed by atoms with Crippen LogP contribution in [-0.4, -0.2) is 0 Å². The minimum Gasteiger partial charge on any atom is -0.399 e. The predicted octanol–water partition coefficient (Wildman–Crippen LogP) is 4.85. The SMILES string of the molecule is Cc1cc(N)cc(C2C=C(N)C=C(c3cc(C)ccc3C)C2C)c1. The molecule has 0 heterocycles. The lowest BCUT2D eigenvalue weighted by Crippen LogP contribution is -2.17. The van der Waals surface area contributed by atoms with Gasteiger partial charge in [-0.25, -0.2) is 0 Å². The van der Waals surface area contributed by atoms with Crippen molar-refractivity contribution >= 4 is 11.3 Å². The van der Waals surface area contributed by atoms with E-state index in [4.69, 9.17) is 11.5 Å². The summed E-state index contributed by atoms with van der Waals surface area (Å²) in [6.45, 7) is 8.66. The van der Waals surface area contributed by atoms with Gasteiger partial charge in [0.05, 0.1) is 0 Å². The first-order chi connectivity index (χ1) is 11.3. The van der Waals surface area contributed by atoms with Crippen molar-refractivity contribution < 1.29 is 0 Å². The van der Waals surface area contributed by atoms with Crippen LogP contribution in [0, 0.1) is 26.7 Å². The number of hydrogen-bond donors (Lipinski definition) is 2. The van der Waals surface area contributed by atoms with E-state index in [0.29, 0.717) is 5.92 Å². The minimum atomic E-state index is 0.243. The Morgan fingerprint density at radius 1 is 0.875 bits per heavy atom. The van der Waals surface area contributed by atoms with Crippen LogP contribution in [0.2, 0.25) is 0 Å². The maximum atomic E-state index is 6.27. The lowest BCUT2D eigenvalue weighted by Gasteiger charge is -2.30. The summed E-state index contributed by atoms with van der Waals surface area (Å²) < 4.78 is 0. The molecule has 0 aromatic heterocycles. The zero-order valence-electron chi connectivity index (χ0n) is 14.9. The maximum Gasteiger partial charge on any atom is 0.0319 e. The molecule has 2 heteroatoms. The third-order valence-corrected chi connectivity index (χ3v) is 4.93. The largest absolute Gasteiger partial charge is 0.399 e. The highest BCUT2D eigenvalue weighted by Gasteiger charge is 2.26. The van der Waals surface area contributed by atoms with Crippen molar-refractivity contribution in [1.29, 1.82) is 0 Å². The third kappa shape index (κ3) is 3.09. The molecule has 1 aliphatic carbocycles. The standard InChI is InChI=1S/C22H26N2/c1-13-5-6-15(3)20(9-13)22-12-19(24)11-21(16(22)4)17-7-14(2)8-18(23)10-17/h5-12,16,21H,23-24H2,1-4H3. The van der Waals surface area contributed by atoms with Gasteiger partial charge in [-0.2, -0.15) is 0 Å². The number of hydrogen-bond acceptors (Lipinski definition) is 2. The molecule has 0 saturated carbocycles. The average molecular weight is 318 g/mol. The second-order valence-electron chi connectivity index (χ2n) is 7.08. The van der Waals surface area contributed by atoms with E-state index in [9.17, 15) is 0 Å². The van der Waals surface area contributed by atoms with E-state index in [1.807, 2.05) is 6.07 Å². The smallest absolute Gasteiger partial charge is 0.0319 e. The molecular formula is C22H26N2. The van der Waals surface area contributed by atoms with Gasteiger partial charge in [0.1, 0.15) is 0 Å². The van der Waals surface area contributed by atoms with Crippen LogP contribution in [0.3, 0.4) is 0 Å². The van der Waals surface area contributed by atoms with E-state index in [0.717, 1.165) is 11.4 Å². The zero-order valence-corrected chi connectivity index (χ0v) is 14.9. The van der Waals surface area contributed by atoms with E-state index in [1.165, 1.54) is 33.4 Å². The Kier molecular flexibility index (Phi) is 4.23. The third-order valence-electron chi connectivity index (χ3n) is 4.93. The first-order valence-corrected chi connectivity index (χ1v) is 8.48. The predicted molar refractivity (Wildman–Crippen MR) is 104 cm³/mol. The average Bonchev–Trinajstić information content (AvgIpc) is 2.51. The summed E-state index contributed by atoms with van der Waals surface area (Å²) in [6.07, 6.45) is 4.29. The lowest BCUT2D eigenvalue weighted by atomic mass is 9.75. The molecule has 24 heavy (non-hydrogen) atoms. The molecular weight excluding hydrogens is 292 g/mol. The fraction of sp³-hybridized carbons (Fsp3) is 0.273. The van der Waals surface area contributed by atoms with Gasteiger partial charge in [-0.1, -0.05) is 42.8 Å². The topological polar surface area (TPSA) is 52.0 Å². The van der Waals surface area contributed by atoms with Crippen molar-refractivity contribution in [3.8, 4) is 0 Å². The second-order valence-corrected chi connectivity index (χ2v) is 7.08. The first-order valence-electron chi connectivity index (χ1n) is 8.48. The molecule has 1 aliphatic rings. The van der Waals surface area contributed by atoms with Gasteiger partial charge in [0.2, 0.25) is 0 Å². The number of benzene rings is 2. The molecule has 0 amide bonds. The van der Waals surface area contributed by atoms with E-state index in [1.54, 1.807) is 0 Å². The minimum absolute atomic E-state index is 0.243. The van der Waals surface area contributed by atoms with Gasteiger partial charge in [-0.05, 0) is 72.7 Å². The van der Waals surface area contributed by atoms with Gasteiger partial charge < -0.3 is 11.5 Å². The molecule has 0 saturated heterocycles. The van der Waals surface area contributed by atoms with Crippen LogP contribution in [0.5, 0.6) is 0 Å². The first kappa shape index (κ1) is 16.4. The number of nitrogen functional groups attached to an aromatic ring is 1. The molecule has 0 fully saturated rings. The number of aryl methyl sites for hydroxylation is 3. The number of rotatable bonds is 2. The Labute approximate surface area is 144 Å². The molecule has 0 spiro atoms. The lowest BCUT2D eigenvalue weighted by molar-refractivity contribution is 0.647. The zero-order chi connectivity index (χ0) is 17.4. The van der Waals surface area contributed by atoms with E-state index < -0.39 is 0 Å². The van der Waals surface area contributed by atoms with Gasteiger partial charge >= 0.3 is 0 Å². The monoisotopic (exact) mass is 318 g/mol. The maximum absolute atomic E-state index is 6.27. The molecule has 3 rings (SSSR count). The summed E-state index contributed by atoms with van der Waals surface area (Å²) in [5.41, 5.74) is 21.6. The molecule has 4 N–H and O–H groups in total. The molecule has 0 bridgehead atoms. The number of nitrogens with two attached hydrogens (primary N) is 2. The van der Waals surface area contributed by atoms with Crippen LogP contribution in [0.25, 0.3) is 5.57 Å². The fourth-order valence-corrected chi connectivity index (χ4v) is 3.69. The second kappa shape index (κ2) is 6.20. The van der Waals surface area contributed by atoms with Gasteiger partial charge in [0.25, 0.3) is 0 Å². The molecule has 0 aliphatic heterocycles. The van der Waals surface area contributed by atoms with Crippen LogP contribution in [0.15, 0.2) is 54.2 Å². The number of anilines is 1. The van der Waals surface area contributed by atoms with E-state index in [2.05, 4.69) is 70.2 Å². The Balaban J connectivity index is 2.08. The molecule has 2 unspecified atom stereocenters. The van der Waals surface area contributed by atoms with Crippen molar-refractivity contribution in [3.05, 3.63) is 82.1 Å². The molecule has 2 aromatic carbocycles. The summed E-state index contributed by atoms with van der Waals surface area (Å²) in [7, 11) is 0. The highest BCUT2D eigenvalue weighted by atomic mass is 14.6. The Morgan fingerprint density at radius 2 is 1.62 bits per heavy atom. The van der Waals surface area contributed by atoms with Crippen LogP contribution < -0.4 is 11.5 Å². The molecule has 124 valence electrons. The van der Waals surface area contributed by atoms with Gasteiger partial charge in [0, 0.05) is 17.3 Å². The van der Waals surface area contributed by atoms with Gasteiger partial charge in [-0.15, -0.1) is 0 Å². The van der Waals surface area contributed by atoms with Crippen molar-refractivity contribution in [2.45, 2.75) is 33.6 Å². The van der Waals surface area contributed by atoms with Crippen LogP contribution in [-0.2, 0) is 0 Å². The Morgan fingerprint density at radius 3 is 2.33 bits per heavy atom. The van der Waals surface area contributed by atoms with Crippen LogP contribution in [0.1, 0.15) is 40.7 Å². The fourth-order valence-electron chi connectivity index (χ4n) is 3.69. The van der Waals surface area contributed by atoms with E-state index in [-0.39, 0.29) is 5.92 Å². The highest BCUT2D eigenvalue weighted by Crippen LogP contribution is 2.41. The van der Waals surface area contributed by atoms with E-state index >= 15 is 0 Å². The molecule has 2 nitrogen and oxygen atoms in total. The Hall–Kier alpha value is -2.48. The summed E-state index contributed by atoms with van der Waals surface area (Å²) >= 11 is 0. The molecule has 2 atom stereocenters. The summed E-state index contributed by atoms with van der Waals surface area (Å²) in [5, 5.41) is 0. The number of allylic oxidation sites excluding steroid dienone is 3. The van der Waals surface area contributed by atoms with Crippen molar-refractivity contribution in [2.24, 2.45) is 11.7 Å². The van der Waals surface area contributed by atoms with Gasteiger partial charge in [-0.3, -0.25) is 0 Å². The summed E-state index contributed by atoms with van der Waals surface area (Å²) in [5.74, 6) is 0.589. The summed E-state index contributed by atoms with van der Waals surface area (Å²) in [4.78, 5) is 0. The highest BCUT2D eigenvalue weighted by molar-refractivity contribution is 5.75.